The van der Waals surface area contributed by atoms with Crippen LogP contribution in [-0.2, 0) is 6.42 Å². The molecule has 2 rings (SSSR count). The zero-order valence-electron chi connectivity index (χ0n) is 12.3. The zero-order chi connectivity index (χ0) is 13.7. The van der Waals surface area contributed by atoms with E-state index >= 15 is 0 Å². The minimum Gasteiger partial charge on any atom is -0.393 e. The molecule has 2 heteroatoms. The molecule has 0 bridgehead atoms. The molecule has 0 unspecified atom stereocenters. The average Bonchev–Trinajstić information content (AvgIpc) is 2.40. The quantitative estimate of drug-likeness (QED) is 0.799. The Morgan fingerprint density at radius 2 is 1.89 bits per heavy atom. The monoisotopic (exact) mass is 261 g/mol. The van der Waals surface area contributed by atoms with E-state index in [4.69, 9.17) is 0 Å². The second kappa shape index (κ2) is 7.06. The summed E-state index contributed by atoms with van der Waals surface area (Å²) in [4.78, 5) is 0. The summed E-state index contributed by atoms with van der Waals surface area (Å²) in [7, 11) is 0. The maximum absolute atomic E-state index is 9.48. The number of aryl methyl sites for hydroxylation is 2. The molecule has 1 saturated carbocycles. The summed E-state index contributed by atoms with van der Waals surface area (Å²) < 4.78 is 0. The Hall–Kier alpha value is -0.860. The molecule has 0 amide bonds. The van der Waals surface area contributed by atoms with Crippen LogP contribution in [0.1, 0.15) is 42.4 Å². The topological polar surface area (TPSA) is 32.3 Å². The highest BCUT2D eigenvalue weighted by Crippen LogP contribution is 2.23. The van der Waals surface area contributed by atoms with Gasteiger partial charge in [0.2, 0.25) is 0 Å². The van der Waals surface area contributed by atoms with Crippen LogP contribution < -0.4 is 5.32 Å². The predicted molar refractivity (Wildman–Crippen MR) is 80.5 cm³/mol. The number of hydrogen-bond donors (Lipinski definition) is 2. The Labute approximate surface area is 117 Å². The van der Waals surface area contributed by atoms with Gasteiger partial charge >= 0.3 is 0 Å². The summed E-state index contributed by atoms with van der Waals surface area (Å²) >= 11 is 0. The second-order valence-electron chi connectivity index (χ2n) is 6.06. The van der Waals surface area contributed by atoms with Gasteiger partial charge in [-0.05, 0) is 76.1 Å². The summed E-state index contributed by atoms with van der Waals surface area (Å²) in [5, 5.41) is 13.1. The number of aliphatic hydroxyl groups is 1. The van der Waals surface area contributed by atoms with E-state index in [1.165, 1.54) is 29.5 Å². The molecule has 0 aliphatic heterocycles. The van der Waals surface area contributed by atoms with Gasteiger partial charge in [-0.15, -0.1) is 0 Å². The number of aliphatic hydroxyl groups excluding tert-OH is 1. The lowest BCUT2D eigenvalue weighted by Gasteiger charge is -2.25. The van der Waals surface area contributed by atoms with E-state index in [2.05, 4.69) is 37.4 Å². The first-order chi connectivity index (χ1) is 9.15. The molecule has 0 spiro atoms. The molecule has 0 radical (unpaired) electrons. The van der Waals surface area contributed by atoms with Crippen molar-refractivity contribution < 1.29 is 5.11 Å². The maximum atomic E-state index is 9.48. The fraction of sp³-hybridized carbons (Fsp3) is 0.647. The van der Waals surface area contributed by atoms with Crippen molar-refractivity contribution in [1.82, 2.24) is 5.32 Å². The summed E-state index contributed by atoms with van der Waals surface area (Å²) in [5.74, 6) is 0.766. The van der Waals surface area contributed by atoms with E-state index < -0.39 is 0 Å². The molecule has 19 heavy (non-hydrogen) atoms. The summed E-state index contributed by atoms with van der Waals surface area (Å²) in [6.45, 7) is 6.52. The molecule has 1 aliphatic rings. The minimum absolute atomic E-state index is 0.0359. The number of nitrogens with one attached hydrogen (secondary N) is 1. The van der Waals surface area contributed by atoms with E-state index in [1.54, 1.807) is 0 Å². The first-order valence-corrected chi connectivity index (χ1v) is 7.60. The van der Waals surface area contributed by atoms with Gasteiger partial charge in [0.05, 0.1) is 6.10 Å². The van der Waals surface area contributed by atoms with E-state index in [1.807, 2.05) is 0 Å². The van der Waals surface area contributed by atoms with E-state index in [-0.39, 0.29) is 6.10 Å². The van der Waals surface area contributed by atoms with Gasteiger partial charge in [0.1, 0.15) is 0 Å². The van der Waals surface area contributed by atoms with Crippen LogP contribution in [0.25, 0.3) is 0 Å². The molecule has 2 N–H and O–H groups in total. The molecule has 106 valence electrons. The third-order valence-corrected chi connectivity index (χ3v) is 4.33. The van der Waals surface area contributed by atoms with Gasteiger partial charge in [-0.2, -0.15) is 0 Å². The molecule has 0 heterocycles. The zero-order valence-corrected chi connectivity index (χ0v) is 12.3. The highest BCUT2D eigenvalue weighted by Gasteiger charge is 2.18. The number of benzene rings is 1. The van der Waals surface area contributed by atoms with Crippen LogP contribution in [0.2, 0.25) is 0 Å². The third-order valence-electron chi connectivity index (χ3n) is 4.33. The van der Waals surface area contributed by atoms with Crippen LogP contribution in [-0.4, -0.2) is 24.3 Å². The molecule has 0 atom stereocenters. The maximum Gasteiger partial charge on any atom is 0.0540 e. The van der Waals surface area contributed by atoms with E-state index in [0.717, 1.165) is 38.3 Å². The van der Waals surface area contributed by atoms with E-state index in [9.17, 15) is 5.11 Å². The van der Waals surface area contributed by atoms with Crippen LogP contribution in [0.4, 0.5) is 0 Å². The van der Waals surface area contributed by atoms with Crippen LogP contribution in [0.5, 0.6) is 0 Å². The van der Waals surface area contributed by atoms with Crippen LogP contribution >= 0.6 is 0 Å². The Bertz CT molecular complexity index is 394. The summed E-state index contributed by atoms with van der Waals surface area (Å²) in [5.41, 5.74) is 4.21. The van der Waals surface area contributed by atoms with Crippen LogP contribution in [0.3, 0.4) is 0 Å². The Balaban J connectivity index is 1.68. The molecule has 1 aromatic rings. The van der Waals surface area contributed by atoms with Gasteiger partial charge in [-0.25, -0.2) is 0 Å². The highest BCUT2D eigenvalue weighted by atomic mass is 16.3. The fourth-order valence-electron chi connectivity index (χ4n) is 2.95. The number of rotatable bonds is 5. The minimum atomic E-state index is -0.0359. The SMILES string of the molecule is Cc1ccc(C)c(CCNCC2CCC(O)CC2)c1. The lowest BCUT2D eigenvalue weighted by Crippen LogP contribution is -2.29. The van der Waals surface area contributed by atoms with Crippen molar-refractivity contribution in [2.24, 2.45) is 5.92 Å². The molecule has 1 aromatic carbocycles. The Morgan fingerprint density at radius 1 is 1.16 bits per heavy atom. The molecule has 0 saturated heterocycles. The molecule has 1 aliphatic carbocycles. The van der Waals surface area contributed by atoms with Gasteiger partial charge in [0.25, 0.3) is 0 Å². The molecule has 2 nitrogen and oxygen atoms in total. The number of hydrogen-bond acceptors (Lipinski definition) is 2. The van der Waals surface area contributed by atoms with Crippen molar-refractivity contribution >= 4 is 0 Å². The smallest absolute Gasteiger partial charge is 0.0540 e. The lowest BCUT2D eigenvalue weighted by atomic mass is 9.87. The first-order valence-electron chi connectivity index (χ1n) is 7.60. The third kappa shape index (κ3) is 4.63. The summed E-state index contributed by atoms with van der Waals surface area (Å²) in [6.07, 6.45) is 5.41. The van der Waals surface area contributed by atoms with Gasteiger partial charge in [-0.3, -0.25) is 0 Å². The molecular weight excluding hydrogens is 234 g/mol. The first kappa shape index (κ1) is 14.5. The van der Waals surface area contributed by atoms with Crippen molar-refractivity contribution in [2.45, 2.75) is 52.1 Å². The molecule has 1 fully saturated rings. The predicted octanol–water partition coefficient (Wildman–Crippen LogP) is 2.99. The average molecular weight is 261 g/mol. The van der Waals surface area contributed by atoms with Crippen LogP contribution in [0, 0.1) is 19.8 Å². The van der Waals surface area contributed by atoms with Gasteiger partial charge in [0, 0.05) is 0 Å². The lowest BCUT2D eigenvalue weighted by molar-refractivity contribution is 0.108. The fourth-order valence-corrected chi connectivity index (χ4v) is 2.95. The summed E-state index contributed by atoms with van der Waals surface area (Å²) in [6, 6.07) is 6.70. The van der Waals surface area contributed by atoms with E-state index in [0.29, 0.717) is 0 Å². The standard InChI is InChI=1S/C17H27NO/c1-13-3-4-14(2)16(11-13)9-10-18-12-15-5-7-17(19)8-6-15/h3-4,11,15,17-19H,5-10,12H2,1-2H3. The molecular formula is C17H27NO. The van der Waals surface area contributed by atoms with Crippen molar-refractivity contribution in [2.75, 3.05) is 13.1 Å². The van der Waals surface area contributed by atoms with Crippen molar-refractivity contribution in [3.05, 3.63) is 34.9 Å². The normalized spacial score (nSPS) is 23.5. The van der Waals surface area contributed by atoms with Gasteiger partial charge in [-0.1, -0.05) is 23.8 Å². The Morgan fingerprint density at radius 3 is 2.63 bits per heavy atom. The largest absolute Gasteiger partial charge is 0.393 e. The molecule has 0 aromatic heterocycles. The highest BCUT2D eigenvalue weighted by molar-refractivity contribution is 5.30. The van der Waals surface area contributed by atoms with Gasteiger partial charge in [0.15, 0.2) is 0 Å². The second-order valence-corrected chi connectivity index (χ2v) is 6.06. The van der Waals surface area contributed by atoms with Crippen molar-refractivity contribution in [1.29, 1.82) is 0 Å². The van der Waals surface area contributed by atoms with Crippen molar-refractivity contribution in [3.8, 4) is 0 Å². The van der Waals surface area contributed by atoms with Crippen LogP contribution in [0.15, 0.2) is 18.2 Å². The van der Waals surface area contributed by atoms with Crippen molar-refractivity contribution in [3.63, 3.8) is 0 Å². The Kier molecular flexibility index (Phi) is 5.41. The van der Waals surface area contributed by atoms with Gasteiger partial charge < -0.3 is 10.4 Å².